The number of carbonyl (C=O) groups excluding carboxylic acids is 1. The van der Waals surface area contributed by atoms with Crippen molar-refractivity contribution < 1.29 is 4.79 Å². The number of nitrogens with one attached hydrogen (secondary N) is 2. The molecule has 6 heteroatoms. The number of benzene rings is 2. The maximum atomic E-state index is 11.6. The first-order chi connectivity index (χ1) is 12.6. The van der Waals surface area contributed by atoms with Gasteiger partial charge in [0.15, 0.2) is 0 Å². The molecule has 1 unspecified atom stereocenters. The van der Waals surface area contributed by atoms with Crippen LogP contribution < -0.4 is 10.6 Å². The second kappa shape index (κ2) is 7.00. The Kier molecular flexibility index (Phi) is 4.55. The summed E-state index contributed by atoms with van der Waals surface area (Å²) in [4.78, 5) is 16.3. The quantitative estimate of drug-likeness (QED) is 0.726. The van der Waals surface area contributed by atoms with Crippen molar-refractivity contribution in [1.29, 1.82) is 0 Å². The molecular weight excluding hydrogens is 348 g/mol. The van der Waals surface area contributed by atoms with Gasteiger partial charge in [0, 0.05) is 24.2 Å². The Bertz CT molecular complexity index is 966. The van der Waals surface area contributed by atoms with Crippen molar-refractivity contribution in [3.63, 3.8) is 0 Å². The fraction of sp³-hybridized carbons (Fsp3) is 0.300. The predicted octanol–water partition coefficient (Wildman–Crippen LogP) is 4.18. The molecule has 1 fully saturated rings. The summed E-state index contributed by atoms with van der Waals surface area (Å²) in [7, 11) is 2.01. The summed E-state index contributed by atoms with van der Waals surface area (Å²) in [6.45, 7) is 0.614. The fourth-order valence-corrected chi connectivity index (χ4v) is 3.65. The molecule has 0 saturated carbocycles. The molecule has 1 aliphatic rings. The number of piperidine rings is 1. The molecular formula is C20H21ClN4O. The summed E-state index contributed by atoms with van der Waals surface area (Å²) in [6, 6.07) is 14.1. The second-order valence-electron chi connectivity index (χ2n) is 6.71. The van der Waals surface area contributed by atoms with Crippen LogP contribution in [0.2, 0.25) is 5.02 Å². The van der Waals surface area contributed by atoms with Crippen LogP contribution in [0.1, 0.15) is 36.7 Å². The number of aromatic nitrogens is 2. The van der Waals surface area contributed by atoms with Gasteiger partial charge in [-0.15, -0.1) is 0 Å². The lowest BCUT2D eigenvalue weighted by Gasteiger charge is -2.24. The third-order valence-corrected chi connectivity index (χ3v) is 5.14. The van der Waals surface area contributed by atoms with Gasteiger partial charge in [0.05, 0.1) is 23.6 Å². The van der Waals surface area contributed by atoms with Crippen LogP contribution in [0.3, 0.4) is 0 Å². The van der Waals surface area contributed by atoms with Gasteiger partial charge in [-0.25, -0.2) is 4.98 Å². The van der Waals surface area contributed by atoms with Crippen LogP contribution in [-0.4, -0.2) is 15.5 Å². The van der Waals surface area contributed by atoms with E-state index in [-0.39, 0.29) is 11.9 Å². The zero-order chi connectivity index (χ0) is 18.1. The highest BCUT2D eigenvalue weighted by Gasteiger charge is 2.19. The first-order valence-corrected chi connectivity index (χ1v) is 9.22. The molecule has 1 saturated heterocycles. The number of nitrogens with zero attached hydrogens (tertiary/aromatic N) is 2. The summed E-state index contributed by atoms with van der Waals surface area (Å²) in [5.74, 6) is 1.08. The molecule has 134 valence electrons. The Morgan fingerprint density at radius 2 is 2.19 bits per heavy atom. The molecule has 3 aromatic rings. The Labute approximate surface area is 157 Å². The van der Waals surface area contributed by atoms with Gasteiger partial charge < -0.3 is 15.2 Å². The van der Waals surface area contributed by atoms with Crippen molar-refractivity contribution in [3.8, 4) is 0 Å². The molecule has 2 N–H and O–H groups in total. The Balaban J connectivity index is 1.50. The molecule has 26 heavy (non-hydrogen) atoms. The number of carbonyl (C=O) groups is 1. The zero-order valence-corrected chi connectivity index (χ0v) is 15.4. The monoisotopic (exact) mass is 368 g/mol. The molecule has 2 aromatic carbocycles. The first-order valence-electron chi connectivity index (χ1n) is 8.84. The van der Waals surface area contributed by atoms with Crippen LogP contribution in [0.5, 0.6) is 0 Å². The second-order valence-corrected chi connectivity index (χ2v) is 7.15. The van der Waals surface area contributed by atoms with Crippen molar-refractivity contribution >= 4 is 34.2 Å². The Hall–Kier alpha value is -2.53. The third kappa shape index (κ3) is 3.40. The highest BCUT2D eigenvalue weighted by atomic mass is 35.5. The third-order valence-electron chi connectivity index (χ3n) is 4.91. The highest BCUT2D eigenvalue weighted by molar-refractivity contribution is 6.31. The van der Waals surface area contributed by atoms with E-state index < -0.39 is 0 Å². The number of fused-ring (bicyclic) bond motifs is 1. The van der Waals surface area contributed by atoms with Crippen LogP contribution in [0, 0.1) is 0 Å². The summed E-state index contributed by atoms with van der Waals surface area (Å²) in [5.41, 5.74) is 4.12. The zero-order valence-electron chi connectivity index (χ0n) is 14.6. The number of halogens is 1. The van der Waals surface area contributed by atoms with Gasteiger partial charge in [-0.2, -0.15) is 0 Å². The van der Waals surface area contributed by atoms with Crippen molar-refractivity contribution in [2.45, 2.75) is 31.8 Å². The molecule has 0 bridgehead atoms. The SMILES string of the molecule is Cn1c(CNc2cccc(C3CCCC(=O)N3)c2)nc2cc(Cl)ccc21. The van der Waals surface area contributed by atoms with Gasteiger partial charge in [-0.1, -0.05) is 23.7 Å². The molecule has 1 atom stereocenters. The summed E-state index contributed by atoms with van der Waals surface area (Å²) in [5, 5.41) is 7.20. The highest BCUT2D eigenvalue weighted by Crippen LogP contribution is 2.26. The number of imidazole rings is 1. The van der Waals surface area contributed by atoms with E-state index in [0.29, 0.717) is 18.0 Å². The van der Waals surface area contributed by atoms with Crippen LogP contribution in [0.25, 0.3) is 11.0 Å². The van der Waals surface area contributed by atoms with E-state index in [4.69, 9.17) is 11.6 Å². The number of rotatable bonds is 4. The fourth-order valence-electron chi connectivity index (χ4n) is 3.48. The van der Waals surface area contributed by atoms with Gasteiger partial charge in [-0.3, -0.25) is 4.79 Å². The van der Waals surface area contributed by atoms with Gasteiger partial charge in [0.2, 0.25) is 5.91 Å². The number of hydrogen-bond acceptors (Lipinski definition) is 3. The smallest absolute Gasteiger partial charge is 0.220 e. The summed E-state index contributed by atoms with van der Waals surface area (Å²) in [6.07, 6.45) is 2.56. The predicted molar refractivity (Wildman–Crippen MR) is 104 cm³/mol. The van der Waals surface area contributed by atoms with E-state index in [1.807, 2.05) is 37.4 Å². The standard InChI is InChI=1S/C20H21ClN4O/c1-25-18-9-8-14(21)11-17(18)23-19(25)12-22-15-5-2-4-13(10-15)16-6-3-7-20(26)24-16/h2,4-5,8-11,16,22H,3,6-7,12H2,1H3,(H,24,26). The summed E-state index contributed by atoms with van der Waals surface area (Å²) < 4.78 is 2.07. The van der Waals surface area contributed by atoms with E-state index in [1.54, 1.807) is 0 Å². The van der Waals surface area contributed by atoms with E-state index in [9.17, 15) is 4.79 Å². The molecule has 0 spiro atoms. The van der Waals surface area contributed by atoms with Gasteiger partial charge in [0.1, 0.15) is 5.82 Å². The lowest BCUT2D eigenvalue weighted by molar-refractivity contribution is -0.123. The minimum Gasteiger partial charge on any atom is -0.378 e. The number of amides is 1. The van der Waals surface area contributed by atoms with Crippen LogP contribution >= 0.6 is 11.6 Å². The Morgan fingerprint density at radius 3 is 3.04 bits per heavy atom. The van der Waals surface area contributed by atoms with Crippen LogP contribution in [0.4, 0.5) is 5.69 Å². The molecule has 1 aliphatic heterocycles. The largest absolute Gasteiger partial charge is 0.378 e. The average molecular weight is 369 g/mol. The van der Waals surface area contributed by atoms with E-state index in [2.05, 4.69) is 32.3 Å². The molecule has 1 aromatic heterocycles. The molecule has 5 nitrogen and oxygen atoms in total. The van der Waals surface area contributed by atoms with E-state index in [1.165, 1.54) is 0 Å². The Morgan fingerprint density at radius 1 is 1.31 bits per heavy atom. The lowest BCUT2D eigenvalue weighted by atomic mass is 9.97. The van der Waals surface area contributed by atoms with Crippen molar-refractivity contribution in [3.05, 3.63) is 58.9 Å². The van der Waals surface area contributed by atoms with Crippen molar-refractivity contribution in [1.82, 2.24) is 14.9 Å². The minimum absolute atomic E-state index is 0.107. The molecule has 0 aliphatic carbocycles. The van der Waals surface area contributed by atoms with E-state index >= 15 is 0 Å². The number of hydrogen-bond donors (Lipinski definition) is 2. The topological polar surface area (TPSA) is 59.0 Å². The molecule has 1 amide bonds. The van der Waals surface area contributed by atoms with Crippen molar-refractivity contribution in [2.75, 3.05) is 5.32 Å². The van der Waals surface area contributed by atoms with Gasteiger partial charge in [-0.05, 0) is 48.7 Å². The molecule has 0 radical (unpaired) electrons. The van der Waals surface area contributed by atoms with E-state index in [0.717, 1.165) is 41.0 Å². The van der Waals surface area contributed by atoms with Crippen LogP contribution in [-0.2, 0) is 18.4 Å². The molecule has 2 heterocycles. The van der Waals surface area contributed by atoms with Gasteiger partial charge in [0.25, 0.3) is 0 Å². The maximum absolute atomic E-state index is 11.6. The lowest BCUT2D eigenvalue weighted by Crippen LogP contribution is -2.32. The van der Waals surface area contributed by atoms with Crippen LogP contribution in [0.15, 0.2) is 42.5 Å². The number of anilines is 1. The molecule has 4 rings (SSSR count). The maximum Gasteiger partial charge on any atom is 0.220 e. The summed E-state index contributed by atoms with van der Waals surface area (Å²) >= 11 is 6.06. The van der Waals surface area contributed by atoms with Crippen molar-refractivity contribution in [2.24, 2.45) is 7.05 Å². The number of aryl methyl sites for hydroxylation is 1. The first kappa shape index (κ1) is 16.9. The van der Waals surface area contributed by atoms with Gasteiger partial charge >= 0.3 is 0 Å². The average Bonchev–Trinajstić information content (AvgIpc) is 2.95. The minimum atomic E-state index is 0.107. The normalized spacial score (nSPS) is 17.3.